The predicted octanol–water partition coefficient (Wildman–Crippen LogP) is 3.87. The van der Waals surface area contributed by atoms with E-state index in [-0.39, 0.29) is 17.1 Å². The first-order valence-electron chi connectivity index (χ1n) is 7.69. The molecule has 0 fully saturated rings. The minimum atomic E-state index is -4.54. The average molecular weight is 379 g/mol. The summed E-state index contributed by atoms with van der Waals surface area (Å²) in [6, 6.07) is 8.07. The quantitative estimate of drug-likeness (QED) is 0.602. The number of halogens is 4. The van der Waals surface area contributed by atoms with E-state index in [1.165, 1.54) is 30.3 Å². The summed E-state index contributed by atoms with van der Waals surface area (Å²) >= 11 is 0. The Kier molecular flexibility index (Phi) is 5.06. The normalized spacial score (nSPS) is 12.4. The van der Waals surface area contributed by atoms with Gasteiger partial charge in [0.2, 0.25) is 0 Å². The van der Waals surface area contributed by atoms with E-state index in [4.69, 9.17) is 0 Å². The van der Waals surface area contributed by atoms with Crippen molar-refractivity contribution in [1.82, 2.24) is 20.5 Å². The molecule has 0 aliphatic rings. The van der Waals surface area contributed by atoms with Crippen molar-refractivity contribution in [3.8, 4) is 0 Å². The summed E-state index contributed by atoms with van der Waals surface area (Å²) in [7, 11) is 0. The van der Waals surface area contributed by atoms with Crippen molar-refractivity contribution < 1.29 is 22.4 Å². The zero-order valence-corrected chi connectivity index (χ0v) is 13.6. The van der Waals surface area contributed by atoms with Gasteiger partial charge in [0.1, 0.15) is 18.2 Å². The summed E-state index contributed by atoms with van der Waals surface area (Å²) in [5.41, 5.74) is -0.818. The largest absolute Gasteiger partial charge is 0.416 e. The van der Waals surface area contributed by atoms with Crippen molar-refractivity contribution in [1.29, 1.82) is 0 Å². The molecule has 10 heteroatoms. The molecule has 0 unspecified atom stereocenters. The topological polar surface area (TPSA) is 82.7 Å². The summed E-state index contributed by atoms with van der Waals surface area (Å²) in [6.45, 7) is 0. The number of urea groups is 1. The number of H-pyrrole nitrogens is 1. The molecule has 3 aromatic rings. The van der Waals surface area contributed by atoms with Gasteiger partial charge in [-0.3, -0.25) is 5.10 Å². The molecule has 27 heavy (non-hydrogen) atoms. The van der Waals surface area contributed by atoms with Gasteiger partial charge in [-0.2, -0.15) is 18.3 Å². The molecule has 0 radical (unpaired) electrons. The summed E-state index contributed by atoms with van der Waals surface area (Å²) in [6.07, 6.45) is -3.39. The van der Waals surface area contributed by atoms with Gasteiger partial charge in [0, 0.05) is 0 Å². The smallest absolute Gasteiger partial charge is 0.324 e. The molecular formula is C17H13F4N5O. The second-order valence-electron chi connectivity index (χ2n) is 5.51. The molecule has 1 atom stereocenters. The predicted molar refractivity (Wildman–Crippen MR) is 88.2 cm³/mol. The van der Waals surface area contributed by atoms with Gasteiger partial charge >= 0.3 is 12.2 Å². The molecule has 140 valence electrons. The molecule has 0 aliphatic heterocycles. The lowest BCUT2D eigenvalue weighted by Crippen LogP contribution is -2.34. The number of carbonyl (C=O) groups is 1. The second-order valence-corrected chi connectivity index (χ2v) is 5.51. The number of aromatic nitrogens is 3. The number of alkyl halides is 3. The number of para-hydroxylation sites is 1. The fourth-order valence-electron chi connectivity index (χ4n) is 2.41. The van der Waals surface area contributed by atoms with Crippen LogP contribution >= 0.6 is 0 Å². The third kappa shape index (κ3) is 4.40. The summed E-state index contributed by atoms with van der Waals surface area (Å²) < 4.78 is 52.6. The Balaban J connectivity index is 1.87. The van der Waals surface area contributed by atoms with Crippen LogP contribution in [0.15, 0.2) is 54.9 Å². The van der Waals surface area contributed by atoms with E-state index < -0.39 is 29.6 Å². The van der Waals surface area contributed by atoms with Crippen molar-refractivity contribution in [2.75, 3.05) is 5.32 Å². The Hall–Kier alpha value is -3.43. The molecule has 3 rings (SSSR count). The molecule has 6 nitrogen and oxygen atoms in total. The monoisotopic (exact) mass is 379 g/mol. The van der Waals surface area contributed by atoms with E-state index >= 15 is 0 Å². The number of nitrogens with one attached hydrogen (secondary N) is 3. The van der Waals surface area contributed by atoms with Crippen LogP contribution in [0, 0.1) is 5.82 Å². The lowest BCUT2D eigenvalue weighted by molar-refractivity contribution is -0.137. The molecule has 0 saturated carbocycles. The van der Waals surface area contributed by atoms with Crippen LogP contribution in [-0.2, 0) is 6.18 Å². The molecule has 1 aromatic heterocycles. The van der Waals surface area contributed by atoms with E-state index in [0.717, 1.165) is 24.5 Å². The van der Waals surface area contributed by atoms with Crippen molar-refractivity contribution in [3.63, 3.8) is 0 Å². The standard InChI is InChI=1S/C17H13F4N5O/c18-12-6-1-2-7-13(12)24-16(27)25-14(15-22-9-23-26-15)10-4-3-5-11(8-10)17(19,20)21/h1-9,14H,(H,22,23,26)(H2,24,25,27)/t14-/m1/s1. The average Bonchev–Trinajstić information content (AvgIpc) is 3.15. The molecule has 1 heterocycles. The lowest BCUT2D eigenvalue weighted by Gasteiger charge is -2.19. The van der Waals surface area contributed by atoms with Crippen molar-refractivity contribution >= 4 is 11.7 Å². The number of hydrogen-bond donors (Lipinski definition) is 3. The Morgan fingerprint density at radius 2 is 1.89 bits per heavy atom. The second kappa shape index (κ2) is 7.44. The molecular weight excluding hydrogens is 366 g/mol. The highest BCUT2D eigenvalue weighted by Gasteiger charge is 2.31. The van der Waals surface area contributed by atoms with Gasteiger partial charge in [-0.1, -0.05) is 24.3 Å². The van der Waals surface area contributed by atoms with Crippen molar-refractivity contribution in [2.24, 2.45) is 0 Å². The third-order valence-corrected chi connectivity index (χ3v) is 3.65. The van der Waals surface area contributed by atoms with Crippen LogP contribution < -0.4 is 10.6 Å². The highest BCUT2D eigenvalue weighted by atomic mass is 19.4. The van der Waals surface area contributed by atoms with Crippen LogP contribution in [0.3, 0.4) is 0 Å². The van der Waals surface area contributed by atoms with Gasteiger partial charge in [-0.15, -0.1) is 0 Å². The maximum atomic E-state index is 13.7. The van der Waals surface area contributed by atoms with E-state index in [9.17, 15) is 22.4 Å². The maximum Gasteiger partial charge on any atom is 0.416 e. The van der Waals surface area contributed by atoms with Crippen molar-refractivity contribution in [3.05, 3.63) is 77.6 Å². The SMILES string of the molecule is O=C(Nc1ccccc1F)N[C@H](c1cccc(C(F)(F)F)c1)c1ncn[nH]1. The molecule has 2 aromatic carbocycles. The highest BCUT2D eigenvalue weighted by molar-refractivity contribution is 5.89. The number of benzene rings is 2. The lowest BCUT2D eigenvalue weighted by atomic mass is 10.0. The van der Waals surface area contributed by atoms with Gasteiger partial charge in [-0.05, 0) is 29.8 Å². The number of hydrogen-bond acceptors (Lipinski definition) is 3. The van der Waals surface area contributed by atoms with Crippen molar-refractivity contribution in [2.45, 2.75) is 12.2 Å². The Bertz CT molecular complexity index is 927. The molecule has 3 N–H and O–H groups in total. The summed E-state index contributed by atoms with van der Waals surface area (Å²) in [5.74, 6) is -0.527. The minimum Gasteiger partial charge on any atom is -0.324 e. The third-order valence-electron chi connectivity index (χ3n) is 3.65. The summed E-state index contributed by atoms with van der Waals surface area (Å²) in [4.78, 5) is 16.2. The van der Waals surface area contributed by atoms with Crippen LogP contribution in [0.2, 0.25) is 0 Å². The van der Waals surface area contributed by atoms with Gasteiger partial charge in [0.15, 0.2) is 5.82 Å². The first kappa shape index (κ1) is 18.4. The Labute approximate surface area is 150 Å². The molecule has 0 spiro atoms. The van der Waals surface area contributed by atoms with Crippen LogP contribution in [0.25, 0.3) is 0 Å². The van der Waals surface area contributed by atoms with Crippen LogP contribution in [0.4, 0.5) is 28.0 Å². The maximum absolute atomic E-state index is 13.7. The van der Waals surface area contributed by atoms with Crippen LogP contribution in [-0.4, -0.2) is 21.2 Å². The highest BCUT2D eigenvalue weighted by Crippen LogP contribution is 2.31. The fourth-order valence-corrected chi connectivity index (χ4v) is 2.41. The Morgan fingerprint density at radius 1 is 1.11 bits per heavy atom. The molecule has 0 aliphatic carbocycles. The van der Waals surface area contributed by atoms with Crippen LogP contribution in [0.1, 0.15) is 23.0 Å². The number of aromatic amines is 1. The molecule has 0 saturated heterocycles. The number of nitrogens with zero attached hydrogens (tertiary/aromatic N) is 2. The fraction of sp³-hybridized carbons (Fsp3) is 0.118. The zero-order chi connectivity index (χ0) is 19.4. The van der Waals surface area contributed by atoms with E-state index in [1.807, 2.05) is 0 Å². The Morgan fingerprint density at radius 3 is 2.56 bits per heavy atom. The first-order chi connectivity index (χ1) is 12.8. The zero-order valence-electron chi connectivity index (χ0n) is 13.6. The number of carbonyl (C=O) groups excluding carboxylic acids is 1. The van der Waals surface area contributed by atoms with E-state index in [2.05, 4.69) is 25.8 Å². The number of amides is 2. The summed E-state index contributed by atoms with van der Waals surface area (Å²) in [5, 5.41) is 11.0. The first-order valence-corrected chi connectivity index (χ1v) is 7.69. The molecule has 0 bridgehead atoms. The van der Waals surface area contributed by atoms with Gasteiger partial charge < -0.3 is 10.6 Å². The number of anilines is 1. The van der Waals surface area contributed by atoms with Gasteiger partial charge in [0.05, 0.1) is 11.3 Å². The van der Waals surface area contributed by atoms with Crippen LogP contribution in [0.5, 0.6) is 0 Å². The van der Waals surface area contributed by atoms with Gasteiger partial charge in [0.25, 0.3) is 0 Å². The molecule has 2 amide bonds. The van der Waals surface area contributed by atoms with E-state index in [1.54, 1.807) is 0 Å². The number of rotatable bonds is 4. The van der Waals surface area contributed by atoms with E-state index in [0.29, 0.717) is 0 Å². The minimum absolute atomic E-state index is 0.0737. The van der Waals surface area contributed by atoms with Gasteiger partial charge in [-0.25, -0.2) is 14.2 Å².